The number of benzene rings is 2. The summed E-state index contributed by atoms with van der Waals surface area (Å²) in [5.41, 5.74) is 9.38. The molecule has 0 unspecified atom stereocenters. The Morgan fingerprint density at radius 1 is 0.964 bits per heavy atom. The number of rotatable bonds is 11. The van der Waals surface area contributed by atoms with E-state index in [-0.39, 0.29) is 42.1 Å². The summed E-state index contributed by atoms with van der Waals surface area (Å²) < 4.78 is 0.991. The maximum atomic E-state index is 13.0. The van der Waals surface area contributed by atoms with E-state index < -0.39 is 6.04 Å². The number of likely N-dealkylation sites (N-methyl/N-ethyl adjacent to an activating group) is 1. The molecule has 56 heavy (non-hydrogen) atoms. The second kappa shape index (κ2) is 20.7. The Kier molecular flexibility index (Phi) is 15.8. The Balaban J connectivity index is 0.000000244. The molecule has 2 saturated heterocycles. The number of aromatic hydroxyl groups is 1. The molecule has 302 valence electrons. The molecule has 2 atom stereocenters. The molecule has 0 spiro atoms. The number of fused-ring (bicyclic) bond motifs is 1. The molecule has 16 heteroatoms. The second-order valence-electron chi connectivity index (χ2n) is 14.4. The fraction of sp³-hybridized carbons (Fsp3) is 0.475. The monoisotopic (exact) mass is 897 g/mol. The molecular weight excluding hydrogens is 846 g/mol. The predicted molar refractivity (Wildman–Crippen MR) is 224 cm³/mol. The third-order valence-electron chi connectivity index (χ3n) is 10.6. The molecule has 0 radical (unpaired) electrons. The minimum Gasteiger partial charge on any atom is -0.506 e. The van der Waals surface area contributed by atoms with Crippen molar-refractivity contribution >= 4 is 67.1 Å². The third kappa shape index (κ3) is 11.3. The first-order chi connectivity index (χ1) is 27.0. The molecule has 2 aromatic carbocycles. The Morgan fingerprint density at radius 2 is 1.62 bits per heavy atom. The van der Waals surface area contributed by atoms with Crippen LogP contribution in [-0.4, -0.2) is 114 Å². The molecule has 6 N–H and O–H groups in total. The van der Waals surface area contributed by atoms with Gasteiger partial charge in [-0.1, -0.05) is 31.5 Å². The van der Waals surface area contributed by atoms with E-state index in [0.717, 1.165) is 62.3 Å². The standard InChI is InChI=1S/C24H27Br2N5O4.C16H26N4O/c1-27-22(33)20(12-14-10-17(25)21(32)18(26)11-14)29-23(34)30-8-6-16(7-9-30)31-13-15-4-2-3-5-19(15)28-24(31)35;1-14(4-2-3-7-17)16(21)20-12-10-19(11-13-20)15-5-8-18-9-6-15/h2-5,10-11,16,20,32H,6-9,12-13H2,1H3,(H,27,33)(H,28,35)(H,29,34);5-6,8-9,14H,2-4,7,10-13,17H2,1H3/t20-;14-/m10/s1. The highest BCUT2D eigenvalue weighted by atomic mass is 79.9. The number of likely N-dealkylation sites (tertiary alicyclic amines) is 1. The largest absolute Gasteiger partial charge is 0.506 e. The van der Waals surface area contributed by atoms with Crippen LogP contribution in [0.5, 0.6) is 5.75 Å². The lowest BCUT2D eigenvalue weighted by atomic mass is 10.0. The van der Waals surface area contributed by atoms with Gasteiger partial charge < -0.3 is 46.4 Å². The van der Waals surface area contributed by atoms with Crippen molar-refractivity contribution in [2.45, 2.75) is 64.1 Å². The van der Waals surface area contributed by atoms with Crippen LogP contribution >= 0.6 is 31.9 Å². The summed E-state index contributed by atoms with van der Waals surface area (Å²) in [6, 6.07) is 14.1. The summed E-state index contributed by atoms with van der Waals surface area (Å²) in [6.07, 6.45) is 8.19. The Morgan fingerprint density at radius 3 is 2.27 bits per heavy atom. The van der Waals surface area contributed by atoms with Crippen molar-refractivity contribution in [1.82, 2.24) is 30.3 Å². The van der Waals surface area contributed by atoms with Crippen molar-refractivity contribution in [2.24, 2.45) is 11.7 Å². The summed E-state index contributed by atoms with van der Waals surface area (Å²) in [5.74, 6) is 0.172. The van der Waals surface area contributed by atoms with Gasteiger partial charge in [-0.15, -0.1) is 0 Å². The van der Waals surface area contributed by atoms with Crippen LogP contribution in [0.4, 0.5) is 21.0 Å². The number of carbonyl (C=O) groups excluding carboxylic acids is 4. The average Bonchev–Trinajstić information content (AvgIpc) is 3.22. The van der Waals surface area contributed by atoms with Gasteiger partial charge in [0, 0.05) is 95.0 Å². The van der Waals surface area contributed by atoms with Crippen LogP contribution in [0.1, 0.15) is 50.2 Å². The third-order valence-corrected chi connectivity index (χ3v) is 11.8. The lowest BCUT2D eigenvalue weighted by Crippen LogP contribution is -2.55. The summed E-state index contributed by atoms with van der Waals surface area (Å²) in [6.45, 7) is 7.67. The lowest BCUT2D eigenvalue weighted by Gasteiger charge is -2.40. The zero-order valence-corrected chi connectivity index (χ0v) is 35.2. The van der Waals surface area contributed by atoms with E-state index in [1.165, 1.54) is 12.7 Å². The molecular formula is C40H53Br2N9O5. The van der Waals surface area contributed by atoms with Crippen molar-refractivity contribution < 1.29 is 24.3 Å². The number of urea groups is 2. The van der Waals surface area contributed by atoms with Crippen molar-refractivity contribution in [3.63, 3.8) is 0 Å². The number of para-hydroxylation sites is 1. The molecule has 0 saturated carbocycles. The first-order valence-electron chi connectivity index (χ1n) is 19.2. The Labute approximate surface area is 345 Å². The van der Waals surface area contributed by atoms with E-state index in [1.807, 2.05) is 65.5 Å². The fourth-order valence-corrected chi connectivity index (χ4v) is 8.54. The molecule has 6 rings (SSSR count). The number of aromatic nitrogens is 1. The van der Waals surface area contributed by atoms with Crippen molar-refractivity contribution in [2.75, 3.05) is 63.1 Å². The lowest BCUT2D eigenvalue weighted by molar-refractivity contribution is -0.135. The number of hydrogen-bond acceptors (Lipinski definition) is 8. The van der Waals surface area contributed by atoms with Crippen LogP contribution in [0.25, 0.3) is 0 Å². The van der Waals surface area contributed by atoms with Crippen LogP contribution in [0.3, 0.4) is 0 Å². The number of unbranched alkanes of at least 4 members (excludes halogenated alkanes) is 1. The normalized spacial score (nSPS) is 16.8. The minimum absolute atomic E-state index is 0.0360. The molecule has 4 heterocycles. The number of carbonyl (C=O) groups is 4. The van der Waals surface area contributed by atoms with Gasteiger partial charge in [-0.2, -0.15) is 0 Å². The maximum Gasteiger partial charge on any atom is 0.322 e. The van der Waals surface area contributed by atoms with Gasteiger partial charge in [-0.25, -0.2) is 9.59 Å². The number of hydrogen-bond donors (Lipinski definition) is 5. The Hall–Kier alpha value is -4.41. The number of phenolic OH excluding ortho intramolecular Hbond substituents is 1. The van der Waals surface area contributed by atoms with Crippen molar-refractivity contribution in [1.29, 1.82) is 0 Å². The van der Waals surface area contributed by atoms with Crippen LogP contribution in [0.15, 0.2) is 69.9 Å². The number of phenols is 1. The number of piperazine rings is 1. The molecule has 6 amide bonds. The van der Waals surface area contributed by atoms with Crippen LogP contribution in [-0.2, 0) is 22.6 Å². The number of pyridine rings is 1. The van der Waals surface area contributed by atoms with Gasteiger partial charge in [0.15, 0.2) is 0 Å². The summed E-state index contributed by atoms with van der Waals surface area (Å²) >= 11 is 6.59. The van der Waals surface area contributed by atoms with Gasteiger partial charge in [0.2, 0.25) is 11.8 Å². The zero-order valence-electron chi connectivity index (χ0n) is 32.1. The highest BCUT2D eigenvalue weighted by molar-refractivity contribution is 9.11. The van der Waals surface area contributed by atoms with E-state index in [2.05, 4.69) is 57.7 Å². The van der Waals surface area contributed by atoms with E-state index in [1.54, 1.807) is 17.0 Å². The molecule has 3 aliphatic rings. The van der Waals surface area contributed by atoms with Gasteiger partial charge in [0.1, 0.15) is 11.8 Å². The summed E-state index contributed by atoms with van der Waals surface area (Å²) in [5, 5.41) is 18.3. The zero-order chi connectivity index (χ0) is 40.2. The number of amides is 6. The maximum absolute atomic E-state index is 13.0. The van der Waals surface area contributed by atoms with E-state index in [9.17, 15) is 24.3 Å². The first kappa shape index (κ1) is 42.7. The van der Waals surface area contributed by atoms with Gasteiger partial charge in [-0.3, -0.25) is 14.6 Å². The first-order valence-corrected chi connectivity index (χ1v) is 20.8. The van der Waals surface area contributed by atoms with Crippen LogP contribution < -0.4 is 26.6 Å². The summed E-state index contributed by atoms with van der Waals surface area (Å²) in [4.78, 5) is 62.4. The molecule has 3 aliphatic heterocycles. The summed E-state index contributed by atoms with van der Waals surface area (Å²) in [7, 11) is 1.53. The predicted octanol–water partition coefficient (Wildman–Crippen LogP) is 5.29. The Bertz CT molecular complexity index is 1780. The van der Waals surface area contributed by atoms with Crippen molar-refractivity contribution in [3.8, 4) is 5.75 Å². The number of nitrogens with one attached hydrogen (secondary N) is 3. The molecule has 0 bridgehead atoms. The number of nitrogens with zero attached hydrogens (tertiary/aromatic N) is 5. The van der Waals surface area contributed by atoms with Crippen LogP contribution in [0, 0.1) is 5.92 Å². The molecule has 0 aliphatic carbocycles. The molecule has 1 aromatic heterocycles. The topological polar surface area (TPSA) is 176 Å². The SMILES string of the molecule is CNC(=O)[C@@H](Cc1cc(Br)c(O)c(Br)c1)NC(=O)N1CCC(N2Cc3ccccc3NC2=O)CC1.C[C@@H](CCCCN)C(=O)N1CCN(c2ccncc2)CC1. The number of anilines is 2. The van der Waals surface area contributed by atoms with Gasteiger partial charge in [-0.05, 0) is 106 Å². The fourth-order valence-electron chi connectivity index (χ4n) is 7.26. The number of piperidine rings is 1. The number of halogens is 2. The second-order valence-corrected chi connectivity index (χ2v) is 16.1. The quantitative estimate of drug-likeness (QED) is 0.161. The van der Waals surface area contributed by atoms with Crippen LogP contribution in [0.2, 0.25) is 0 Å². The average molecular weight is 900 g/mol. The van der Waals surface area contributed by atoms with E-state index in [0.29, 0.717) is 53.9 Å². The smallest absolute Gasteiger partial charge is 0.322 e. The number of nitrogens with two attached hydrogens (primary N) is 1. The minimum atomic E-state index is -0.780. The van der Waals surface area contributed by atoms with Gasteiger partial charge >= 0.3 is 12.1 Å². The molecule has 3 aromatic rings. The van der Waals surface area contributed by atoms with Crippen molar-refractivity contribution in [3.05, 3.63) is 81.0 Å². The van der Waals surface area contributed by atoms with Gasteiger partial charge in [0.25, 0.3) is 0 Å². The molecule has 14 nitrogen and oxygen atoms in total. The van der Waals surface area contributed by atoms with E-state index in [4.69, 9.17) is 5.73 Å². The highest BCUT2D eigenvalue weighted by Crippen LogP contribution is 2.34. The molecule has 2 fully saturated rings. The highest BCUT2D eigenvalue weighted by Gasteiger charge is 2.33. The van der Waals surface area contributed by atoms with Gasteiger partial charge in [0.05, 0.1) is 8.95 Å². The van der Waals surface area contributed by atoms with E-state index >= 15 is 0 Å².